The summed E-state index contributed by atoms with van der Waals surface area (Å²) in [5.41, 5.74) is 2.14. The fourth-order valence-corrected chi connectivity index (χ4v) is 4.60. The van der Waals surface area contributed by atoms with Crippen molar-refractivity contribution in [2.24, 2.45) is 0 Å². The molecule has 0 aliphatic carbocycles. The number of likely N-dealkylation sites (tertiary alicyclic amines) is 1. The minimum atomic E-state index is -4.38. The van der Waals surface area contributed by atoms with Crippen LogP contribution in [0.25, 0.3) is 0 Å². The molecule has 0 radical (unpaired) electrons. The second kappa shape index (κ2) is 8.04. The van der Waals surface area contributed by atoms with Gasteiger partial charge < -0.3 is 9.80 Å². The van der Waals surface area contributed by atoms with E-state index in [4.69, 9.17) is 0 Å². The Morgan fingerprint density at radius 3 is 2.23 bits per heavy atom. The molecule has 2 aliphatic heterocycles. The minimum Gasteiger partial charge on any atom is -0.369 e. The van der Waals surface area contributed by atoms with Crippen LogP contribution in [0.1, 0.15) is 24.0 Å². The summed E-state index contributed by atoms with van der Waals surface area (Å²) in [7, 11) is 2.11. The Morgan fingerprint density at radius 2 is 1.63 bits per heavy atom. The van der Waals surface area contributed by atoms with Crippen molar-refractivity contribution in [1.29, 1.82) is 0 Å². The normalized spacial score (nSPS) is 23.2. The van der Waals surface area contributed by atoms with Crippen LogP contribution in [-0.4, -0.2) is 50.6 Å². The first-order valence-corrected chi connectivity index (χ1v) is 10.4. The summed E-state index contributed by atoms with van der Waals surface area (Å²) in [4.78, 5) is 17.7. The number of likely N-dealkylation sites (N-methyl/N-ethyl adjacent to an activating group) is 1. The highest BCUT2D eigenvalue weighted by Gasteiger charge is 2.44. The van der Waals surface area contributed by atoms with Crippen molar-refractivity contribution in [3.05, 3.63) is 59.7 Å². The van der Waals surface area contributed by atoms with E-state index in [2.05, 4.69) is 22.9 Å². The molecular formula is C23H27F3N3O+. The molecule has 2 aromatic carbocycles. The Bertz CT molecular complexity index is 905. The predicted octanol–water partition coefficient (Wildman–Crippen LogP) is 4.29. The van der Waals surface area contributed by atoms with Crippen LogP contribution in [0.5, 0.6) is 0 Å². The molecule has 1 atom stereocenters. The highest BCUT2D eigenvalue weighted by Crippen LogP contribution is 2.37. The van der Waals surface area contributed by atoms with Gasteiger partial charge in [-0.2, -0.15) is 13.2 Å². The summed E-state index contributed by atoms with van der Waals surface area (Å²) in [6.45, 7) is 4.87. The molecule has 2 saturated heterocycles. The molecule has 2 fully saturated rings. The third-order valence-corrected chi connectivity index (χ3v) is 6.37. The molecule has 0 aromatic heterocycles. The topological polar surface area (TPSA) is 23.6 Å². The number of rotatable bonds is 4. The SMILES string of the molecule is CN1CCN(c2ccccc2C[N+]2(c3ccc(C(F)(F)F)cc3)CCCC2=O)CC1. The number of anilines is 1. The number of nitrogens with zero attached hydrogens (tertiary/aromatic N) is 3. The molecule has 2 aliphatic rings. The largest absolute Gasteiger partial charge is 0.416 e. The van der Waals surface area contributed by atoms with Gasteiger partial charge >= 0.3 is 12.1 Å². The number of para-hydroxylation sites is 1. The van der Waals surface area contributed by atoms with Gasteiger partial charge in [0, 0.05) is 56.0 Å². The van der Waals surface area contributed by atoms with Gasteiger partial charge in [0.05, 0.1) is 18.5 Å². The Labute approximate surface area is 175 Å². The first-order valence-electron chi connectivity index (χ1n) is 10.4. The average Bonchev–Trinajstić information content (AvgIpc) is 3.10. The molecule has 0 N–H and O–H groups in total. The third-order valence-electron chi connectivity index (χ3n) is 6.37. The van der Waals surface area contributed by atoms with E-state index in [1.807, 2.05) is 18.2 Å². The number of carbonyl (C=O) groups is 1. The molecule has 160 valence electrons. The van der Waals surface area contributed by atoms with E-state index in [1.165, 1.54) is 12.1 Å². The van der Waals surface area contributed by atoms with Crippen LogP contribution in [-0.2, 0) is 17.5 Å². The maximum absolute atomic E-state index is 13.0. The molecular weight excluding hydrogens is 391 g/mol. The number of carbonyl (C=O) groups excluding carboxylic acids is 1. The molecule has 2 heterocycles. The van der Waals surface area contributed by atoms with Gasteiger partial charge in [0.25, 0.3) is 0 Å². The van der Waals surface area contributed by atoms with Crippen LogP contribution in [0.15, 0.2) is 48.5 Å². The van der Waals surface area contributed by atoms with Crippen molar-refractivity contribution in [3.8, 4) is 0 Å². The number of piperazine rings is 1. The van der Waals surface area contributed by atoms with Crippen molar-refractivity contribution in [2.45, 2.75) is 25.6 Å². The smallest absolute Gasteiger partial charge is 0.369 e. The number of quaternary nitrogens is 1. The van der Waals surface area contributed by atoms with E-state index in [1.54, 1.807) is 0 Å². The lowest BCUT2D eigenvalue weighted by atomic mass is 10.1. The van der Waals surface area contributed by atoms with Crippen LogP contribution in [0.2, 0.25) is 0 Å². The fourth-order valence-electron chi connectivity index (χ4n) is 4.60. The van der Waals surface area contributed by atoms with Crippen molar-refractivity contribution in [3.63, 3.8) is 0 Å². The van der Waals surface area contributed by atoms with Crippen LogP contribution < -0.4 is 9.38 Å². The molecule has 2 aromatic rings. The standard InChI is InChI=1S/C23H27F3N3O/c1-27-12-14-28(15-13-27)21-6-3-2-5-18(21)17-29(16-4-7-22(29)30)20-10-8-19(9-11-20)23(24,25)26/h2-3,5-6,8-11H,4,7,12-17H2,1H3/q+1. The van der Waals surface area contributed by atoms with Gasteiger partial charge in [0.1, 0.15) is 12.2 Å². The van der Waals surface area contributed by atoms with E-state index in [0.29, 0.717) is 25.2 Å². The van der Waals surface area contributed by atoms with Gasteiger partial charge in [-0.3, -0.25) is 0 Å². The van der Waals surface area contributed by atoms with Crippen molar-refractivity contribution in [1.82, 2.24) is 9.38 Å². The van der Waals surface area contributed by atoms with Gasteiger partial charge in [-0.05, 0) is 25.2 Å². The predicted molar refractivity (Wildman–Crippen MR) is 112 cm³/mol. The lowest BCUT2D eigenvalue weighted by molar-refractivity contribution is -0.137. The molecule has 30 heavy (non-hydrogen) atoms. The number of halogens is 3. The zero-order valence-electron chi connectivity index (χ0n) is 17.2. The van der Waals surface area contributed by atoms with E-state index in [-0.39, 0.29) is 10.4 Å². The molecule has 1 unspecified atom stereocenters. The van der Waals surface area contributed by atoms with Gasteiger partial charge in [-0.1, -0.05) is 18.2 Å². The summed E-state index contributed by atoms with van der Waals surface area (Å²) in [5, 5.41) is 0. The number of alkyl halides is 3. The van der Waals surface area contributed by atoms with E-state index in [9.17, 15) is 18.0 Å². The molecule has 0 saturated carbocycles. The Hall–Kier alpha value is -2.38. The van der Waals surface area contributed by atoms with E-state index >= 15 is 0 Å². The van der Waals surface area contributed by atoms with Crippen molar-refractivity contribution >= 4 is 17.3 Å². The first-order chi connectivity index (χ1) is 14.3. The molecule has 7 heteroatoms. The quantitative estimate of drug-likeness (QED) is 0.693. The second-order valence-electron chi connectivity index (χ2n) is 8.31. The average molecular weight is 418 g/mol. The summed E-state index contributed by atoms with van der Waals surface area (Å²) in [6, 6.07) is 13.2. The van der Waals surface area contributed by atoms with Gasteiger partial charge in [0.15, 0.2) is 0 Å². The minimum absolute atomic E-state index is 0.0722. The monoisotopic (exact) mass is 418 g/mol. The summed E-state index contributed by atoms with van der Waals surface area (Å²) < 4.78 is 39.1. The van der Waals surface area contributed by atoms with Crippen LogP contribution in [0.4, 0.5) is 24.5 Å². The van der Waals surface area contributed by atoms with Gasteiger partial charge in [-0.15, -0.1) is 0 Å². The Kier molecular flexibility index (Phi) is 5.59. The van der Waals surface area contributed by atoms with Gasteiger partial charge in [-0.25, -0.2) is 9.28 Å². The first kappa shape index (κ1) is 20.9. The lowest BCUT2D eigenvalue weighted by Gasteiger charge is -2.37. The Balaban J connectivity index is 1.68. The van der Waals surface area contributed by atoms with Crippen LogP contribution in [0, 0.1) is 0 Å². The van der Waals surface area contributed by atoms with Crippen molar-refractivity contribution in [2.75, 3.05) is 44.7 Å². The van der Waals surface area contributed by atoms with E-state index in [0.717, 1.165) is 56.0 Å². The number of amides is 1. The highest BCUT2D eigenvalue weighted by atomic mass is 19.4. The summed E-state index contributed by atoms with van der Waals surface area (Å²) >= 11 is 0. The fraction of sp³-hybridized carbons (Fsp3) is 0.435. The molecule has 1 amide bonds. The zero-order valence-corrected chi connectivity index (χ0v) is 17.2. The van der Waals surface area contributed by atoms with E-state index < -0.39 is 11.7 Å². The number of hydrogen-bond donors (Lipinski definition) is 0. The lowest BCUT2D eigenvalue weighted by Crippen LogP contribution is -2.50. The number of hydrogen-bond acceptors (Lipinski definition) is 3. The Morgan fingerprint density at radius 1 is 0.967 bits per heavy atom. The molecule has 4 nitrogen and oxygen atoms in total. The molecule has 0 bridgehead atoms. The van der Waals surface area contributed by atoms with Gasteiger partial charge in [0.2, 0.25) is 0 Å². The molecule has 0 spiro atoms. The summed E-state index contributed by atoms with van der Waals surface area (Å²) in [6.07, 6.45) is -3.18. The maximum atomic E-state index is 13.0. The van der Waals surface area contributed by atoms with Crippen molar-refractivity contribution < 1.29 is 18.0 Å². The third kappa shape index (κ3) is 3.96. The van der Waals surface area contributed by atoms with Crippen LogP contribution in [0.3, 0.4) is 0 Å². The zero-order chi connectivity index (χ0) is 21.4. The highest BCUT2D eigenvalue weighted by molar-refractivity contribution is 5.90. The molecule has 4 rings (SSSR count). The maximum Gasteiger partial charge on any atom is 0.416 e. The second-order valence-corrected chi connectivity index (χ2v) is 8.31. The number of benzene rings is 2. The summed E-state index contributed by atoms with van der Waals surface area (Å²) in [5.74, 6) is 0.0722. The van der Waals surface area contributed by atoms with Crippen LogP contribution >= 0.6 is 0 Å².